The van der Waals surface area contributed by atoms with E-state index in [4.69, 9.17) is 23.6 Å². The van der Waals surface area contributed by atoms with Gasteiger partial charge in [0, 0.05) is 11.3 Å². The van der Waals surface area contributed by atoms with E-state index in [-0.39, 0.29) is 25.5 Å². The number of nitrogens with zero attached hydrogens (tertiary/aromatic N) is 2. The topological polar surface area (TPSA) is 103 Å². The number of carbonyl (C=O) groups is 2. The van der Waals surface area contributed by atoms with Crippen LogP contribution >= 0.6 is 11.8 Å². The quantitative estimate of drug-likeness (QED) is 0.333. The minimum atomic E-state index is -0.667. The molecule has 2 aliphatic rings. The van der Waals surface area contributed by atoms with Gasteiger partial charge in [0.15, 0.2) is 5.17 Å². The molecule has 1 aromatic heterocycles. The maximum absolute atomic E-state index is 13.7. The molecule has 0 saturated carbocycles. The third kappa shape index (κ3) is 5.76. The fourth-order valence-corrected chi connectivity index (χ4v) is 5.57. The van der Waals surface area contributed by atoms with Crippen molar-refractivity contribution in [1.29, 1.82) is 0 Å². The lowest BCUT2D eigenvalue weighted by Crippen LogP contribution is -2.38. The Morgan fingerprint density at radius 3 is 2.62 bits per heavy atom. The molecule has 5 rings (SSSR count). The van der Waals surface area contributed by atoms with Crippen LogP contribution < -0.4 is 14.8 Å². The maximum Gasteiger partial charge on any atom is 0.338 e. The Balaban J connectivity index is 1.48. The van der Waals surface area contributed by atoms with Crippen molar-refractivity contribution < 1.29 is 28.2 Å². The van der Waals surface area contributed by atoms with Gasteiger partial charge in [-0.05, 0) is 48.2 Å². The van der Waals surface area contributed by atoms with E-state index in [0.717, 1.165) is 5.56 Å². The van der Waals surface area contributed by atoms with E-state index < -0.39 is 12.0 Å². The molecule has 40 heavy (non-hydrogen) atoms. The van der Waals surface area contributed by atoms with Crippen LogP contribution in [-0.2, 0) is 27.5 Å². The number of hydrogen-bond acceptors (Lipinski definition) is 9. The number of ether oxygens (including phenoxy) is 3. The highest BCUT2D eigenvalue weighted by Gasteiger charge is 2.42. The molecule has 0 unspecified atom stereocenters. The predicted molar refractivity (Wildman–Crippen MR) is 151 cm³/mol. The number of rotatable bonds is 10. The van der Waals surface area contributed by atoms with Crippen LogP contribution in [0.15, 0.2) is 98.7 Å². The van der Waals surface area contributed by atoms with Gasteiger partial charge in [0.05, 0.1) is 50.8 Å². The standard InChI is InChI=1S/C30H29N3O6S/c1-19-27(29(35)39-17-20-8-5-4-6-9-20)28(24-15-22(36-2)11-12-25(24)37-3)33-21(18-40-30(33)32-19)14-26(34)31-16-23-10-7-13-38-23/h4-13,15,18,28H,14,16-17H2,1-3H3,(H,31,34)/t28-/m1/s1. The van der Waals surface area contributed by atoms with Gasteiger partial charge in [0.2, 0.25) is 5.91 Å². The van der Waals surface area contributed by atoms with Gasteiger partial charge < -0.3 is 28.8 Å². The molecule has 1 N–H and O–H groups in total. The van der Waals surface area contributed by atoms with Crippen LogP contribution in [0.3, 0.4) is 0 Å². The van der Waals surface area contributed by atoms with Crippen LogP contribution in [0.25, 0.3) is 0 Å². The molecule has 2 aliphatic heterocycles. The first kappa shape index (κ1) is 27.1. The summed E-state index contributed by atoms with van der Waals surface area (Å²) in [5.74, 6) is 1.12. The summed E-state index contributed by atoms with van der Waals surface area (Å²) in [5.41, 5.74) is 3.13. The fraction of sp³-hybridized carbons (Fsp3) is 0.233. The van der Waals surface area contributed by atoms with Crippen LogP contribution in [0, 0.1) is 0 Å². The van der Waals surface area contributed by atoms with Crippen LogP contribution in [-0.4, -0.2) is 36.2 Å². The highest BCUT2D eigenvalue weighted by atomic mass is 32.2. The molecule has 0 radical (unpaired) electrons. The number of hydrogen-bond donors (Lipinski definition) is 1. The number of esters is 1. The summed E-state index contributed by atoms with van der Waals surface area (Å²) in [6.45, 7) is 2.18. The average Bonchev–Trinajstić information content (AvgIpc) is 3.64. The van der Waals surface area contributed by atoms with Gasteiger partial charge in [-0.15, -0.1) is 0 Å². The molecular weight excluding hydrogens is 530 g/mol. The van der Waals surface area contributed by atoms with Gasteiger partial charge in [-0.3, -0.25) is 4.79 Å². The molecule has 9 nitrogen and oxygen atoms in total. The van der Waals surface area contributed by atoms with Gasteiger partial charge in [-0.2, -0.15) is 0 Å². The number of amides is 1. The number of amidine groups is 1. The Hall–Kier alpha value is -4.44. The summed E-state index contributed by atoms with van der Waals surface area (Å²) in [4.78, 5) is 33.3. The molecule has 0 fully saturated rings. The second-order valence-corrected chi connectivity index (χ2v) is 9.93. The van der Waals surface area contributed by atoms with E-state index >= 15 is 0 Å². The zero-order valence-corrected chi connectivity index (χ0v) is 23.2. The molecule has 10 heteroatoms. The minimum Gasteiger partial charge on any atom is -0.497 e. The summed E-state index contributed by atoms with van der Waals surface area (Å²) in [7, 11) is 3.15. The zero-order chi connectivity index (χ0) is 28.1. The van der Waals surface area contributed by atoms with Gasteiger partial charge in [-0.25, -0.2) is 9.79 Å². The number of fused-ring (bicyclic) bond motifs is 1. The number of allylic oxidation sites excluding steroid dienone is 1. The van der Waals surface area contributed by atoms with Crippen molar-refractivity contribution in [3.63, 3.8) is 0 Å². The number of carbonyl (C=O) groups excluding carboxylic acids is 2. The third-order valence-corrected chi connectivity index (χ3v) is 7.44. The lowest BCUT2D eigenvalue weighted by Gasteiger charge is -2.36. The Labute approximate surface area is 236 Å². The van der Waals surface area contributed by atoms with Gasteiger partial charge in [0.25, 0.3) is 0 Å². The maximum atomic E-state index is 13.7. The molecular formula is C30H29N3O6S. The van der Waals surface area contributed by atoms with E-state index in [2.05, 4.69) is 5.32 Å². The van der Waals surface area contributed by atoms with E-state index in [1.165, 1.54) is 11.8 Å². The number of thioether (sulfide) groups is 1. The third-order valence-electron chi connectivity index (χ3n) is 6.55. The van der Waals surface area contributed by atoms with Crippen molar-refractivity contribution in [3.05, 3.63) is 106 Å². The van der Waals surface area contributed by atoms with Gasteiger partial charge in [0.1, 0.15) is 23.9 Å². The molecule has 1 amide bonds. The van der Waals surface area contributed by atoms with Crippen LogP contribution in [0.2, 0.25) is 0 Å². The molecule has 0 bridgehead atoms. The molecule has 1 atom stereocenters. The summed E-state index contributed by atoms with van der Waals surface area (Å²) in [5, 5.41) is 5.43. The predicted octanol–water partition coefficient (Wildman–Crippen LogP) is 5.32. The Morgan fingerprint density at radius 1 is 1.07 bits per heavy atom. The van der Waals surface area contributed by atoms with Crippen molar-refractivity contribution in [2.45, 2.75) is 32.5 Å². The zero-order valence-electron chi connectivity index (χ0n) is 22.4. The fourth-order valence-electron chi connectivity index (χ4n) is 4.60. The molecule has 3 aromatic rings. The van der Waals surface area contributed by atoms with Crippen molar-refractivity contribution in [2.75, 3.05) is 14.2 Å². The van der Waals surface area contributed by atoms with Crippen LogP contribution in [0.4, 0.5) is 0 Å². The van der Waals surface area contributed by atoms with Crippen LogP contribution in [0.5, 0.6) is 11.5 Å². The van der Waals surface area contributed by atoms with E-state index in [9.17, 15) is 9.59 Å². The van der Waals surface area contributed by atoms with E-state index in [0.29, 0.717) is 45.0 Å². The highest BCUT2D eigenvalue weighted by Crippen LogP contribution is 2.47. The Morgan fingerprint density at radius 2 is 1.90 bits per heavy atom. The molecule has 206 valence electrons. The second-order valence-electron chi connectivity index (χ2n) is 9.10. The summed E-state index contributed by atoms with van der Waals surface area (Å²) < 4.78 is 22.3. The highest BCUT2D eigenvalue weighted by molar-refractivity contribution is 8.16. The smallest absolute Gasteiger partial charge is 0.338 e. The first-order chi connectivity index (χ1) is 19.5. The lowest BCUT2D eigenvalue weighted by atomic mass is 9.92. The largest absolute Gasteiger partial charge is 0.497 e. The number of aliphatic imine (C=N–C) groups is 1. The number of furan rings is 1. The molecule has 0 saturated heterocycles. The molecule has 0 aliphatic carbocycles. The second kappa shape index (κ2) is 12.2. The molecule has 3 heterocycles. The Bertz CT molecular complexity index is 1480. The van der Waals surface area contributed by atoms with Gasteiger partial charge in [-0.1, -0.05) is 42.1 Å². The first-order valence-electron chi connectivity index (χ1n) is 12.6. The van der Waals surface area contributed by atoms with Crippen molar-refractivity contribution in [3.8, 4) is 11.5 Å². The van der Waals surface area contributed by atoms with Crippen LogP contribution in [0.1, 0.15) is 36.3 Å². The number of methoxy groups -OCH3 is 2. The summed E-state index contributed by atoms with van der Waals surface area (Å²) in [6, 6.07) is 17.8. The Kier molecular flexibility index (Phi) is 8.26. The monoisotopic (exact) mass is 559 g/mol. The van der Waals surface area contributed by atoms with E-state index in [1.54, 1.807) is 51.7 Å². The van der Waals surface area contributed by atoms with Crippen molar-refractivity contribution >= 4 is 28.8 Å². The van der Waals surface area contributed by atoms with E-state index in [1.807, 2.05) is 46.7 Å². The normalized spacial score (nSPS) is 16.2. The van der Waals surface area contributed by atoms with Crippen molar-refractivity contribution in [2.24, 2.45) is 4.99 Å². The minimum absolute atomic E-state index is 0.0703. The average molecular weight is 560 g/mol. The lowest BCUT2D eigenvalue weighted by molar-refractivity contribution is -0.141. The summed E-state index contributed by atoms with van der Waals surface area (Å²) in [6.07, 6.45) is 1.63. The van der Waals surface area contributed by atoms with Crippen molar-refractivity contribution in [1.82, 2.24) is 10.2 Å². The summed E-state index contributed by atoms with van der Waals surface area (Å²) >= 11 is 1.40. The first-order valence-corrected chi connectivity index (χ1v) is 13.5. The molecule has 0 spiro atoms. The van der Waals surface area contributed by atoms with Gasteiger partial charge >= 0.3 is 5.97 Å². The SMILES string of the molecule is COc1ccc(OC)c([C@@H]2C(C(=O)OCc3ccccc3)=C(C)N=C3SC=C(CC(=O)NCc4ccco4)N32)c1. The molecule has 2 aromatic carbocycles. The number of nitrogens with one attached hydrogen (secondary N) is 1. The number of benzene rings is 2.